The van der Waals surface area contributed by atoms with Crippen molar-refractivity contribution in [3.05, 3.63) is 57.6 Å². The van der Waals surface area contributed by atoms with Crippen LogP contribution in [0.4, 0.5) is 10.7 Å². The van der Waals surface area contributed by atoms with E-state index >= 15 is 0 Å². The third-order valence-corrected chi connectivity index (χ3v) is 10.2. The van der Waals surface area contributed by atoms with Crippen molar-refractivity contribution in [2.45, 2.75) is 51.0 Å². The maximum Gasteiger partial charge on any atom is 0.508 e. The van der Waals surface area contributed by atoms with Crippen LogP contribution in [-0.4, -0.2) is 108 Å². The highest BCUT2D eigenvalue weighted by Gasteiger charge is 2.30. The number of carboxylic acids is 3. The summed E-state index contributed by atoms with van der Waals surface area (Å²) in [7, 11) is 3.42. The van der Waals surface area contributed by atoms with Crippen LogP contribution in [0.5, 0.6) is 0 Å². The van der Waals surface area contributed by atoms with Crippen molar-refractivity contribution in [2.75, 3.05) is 31.0 Å². The maximum absolute atomic E-state index is 13.0. The molecule has 1 aromatic carbocycles. The Morgan fingerprint density at radius 1 is 0.926 bits per heavy atom. The van der Waals surface area contributed by atoms with Crippen molar-refractivity contribution < 1.29 is 58.4 Å². The summed E-state index contributed by atoms with van der Waals surface area (Å²) in [5, 5.41) is 30.9. The number of carbonyl (C=O) groups is 7. The molecular weight excluding hydrogens is 753 g/mol. The first-order valence-corrected chi connectivity index (χ1v) is 18.7. The molecule has 7 N–H and O–H groups in total. The van der Waals surface area contributed by atoms with E-state index in [9.17, 15) is 53.7 Å². The minimum absolute atomic E-state index is 0.00441. The van der Waals surface area contributed by atoms with Gasteiger partial charge in [0.05, 0.1) is 43.3 Å². The monoisotopic (exact) mass is 790 g/mol. The van der Waals surface area contributed by atoms with Gasteiger partial charge in [-0.25, -0.2) is 14.8 Å². The molecule has 3 rings (SSSR count). The van der Waals surface area contributed by atoms with Crippen LogP contribution in [0.3, 0.4) is 0 Å². The number of methoxy groups -OCH3 is 1. The van der Waals surface area contributed by atoms with Gasteiger partial charge in [-0.1, -0.05) is 45.9 Å². The number of nitrogen functional groups attached to an aromatic ring is 1. The molecule has 0 aliphatic carbocycles. The highest BCUT2D eigenvalue weighted by Crippen LogP contribution is 2.26. The van der Waals surface area contributed by atoms with E-state index in [-0.39, 0.29) is 41.5 Å². The van der Waals surface area contributed by atoms with Gasteiger partial charge in [0.2, 0.25) is 11.9 Å². The molecular formula is C33H38N6O13S2. The first-order chi connectivity index (χ1) is 25.7. The van der Waals surface area contributed by atoms with Gasteiger partial charge in [0.1, 0.15) is 6.61 Å². The molecule has 0 bridgehead atoms. The highest BCUT2D eigenvalue weighted by molar-refractivity contribution is 8.76. The molecule has 290 valence electrons. The average molecular weight is 791 g/mol. The molecule has 3 aromatic rings. The first-order valence-electron chi connectivity index (χ1n) is 16.2. The van der Waals surface area contributed by atoms with E-state index in [0.29, 0.717) is 24.3 Å². The topological polar surface area (TPSA) is 308 Å². The third kappa shape index (κ3) is 14.1. The zero-order valence-electron chi connectivity index (χ0n) is 28.8. The molecule has 0 aliphatic rings. The fraction of sp³-hybridized carbons (Fsp3) is 0.424. The number of aryl methyl sites for hydroxylation is 2. The number of nitrogens with one attached hydrogen (secondary N) is 2. The Hall–Kier alpha value is -5.57. The van der Waals surface area contributed by atoms with Gasteiger partial charge in [0, 0.05) is 36.3 Å². The molecule has 3 unspecified atom stereocenters. The average Bonchev–Trinajstić information content (AvgIpc) is 3.12. The number of carboxylic acid groups (broad SMARTS) is 3. The van der Waals surface area contributed by atoms with Crippen LogP contribution >= 0.6 is 21.6 Å². The molecule has 3 atom stereocenters. The molecule has 0 saturated heterocycles. The number of aromatic nitrogens is 4. The molecule has 1 amide bonds. The minimum Gasteiger partial charge on any atom is -0.481 e. The predicted octanol–water partition coefficient (Wildman–Crippen LogP) is 1.92. The fourth-order valence-corrected chi connectivity index (χ4v) is 7.01. The van der Waals surface area contributed by atoms with Crippen LogP contribution in [0.15, 0.2) is 35.3 Å². The Kier molecular flexibility index (Phi) is 16.8. The van der Waals surface area contributed by atoms with E-state index in [0.717, 1.165) is 23.5 Å². The number of aromatic amines is 1. The van der Waals surface area contributed by atoms with Crippen molar-refractivity contribution >= 4 is 80.2 Å². The van der Waals surface area contributed by atoms with Gasteiger partial charge in [-0.3, -0.25) is 38.5 Å². The number of H-pyrrole nitrogens is 1. The largest absolute Gasteiger partial charge is 0.508 e. The number of nitrogens with two attached hydrogens (primary N) is 1. The number of benzene rings is 1. The number of hydrogen-bond donors (Lipinski definition) is 6. The quantitative estimate of drug-likeness (QED) is 0.0346. The van der Waals surface area contributed by atoms with Crippen molar-refractivity contribution in [3.8, 4) is 0 Å². The smallest absolute Gasteiger partial charge is 0.481 e. The number of aliphatic carboxylic acids is 3. The van der Waals surface area contributed by atoms with E-state index in [1.807, 2.05) is 0 Å². The number of ketones is 2. The number of rotatable bonds is 23. The standard InChI is InChI=1S/C33H38N6O13S2/c1-51-33(50)52-10-11-53-54-16-20(31(48)49)13-24(41)22(14-26(43)44)37-25(42)9-7-19(30(46)47)12-23(40)18-5-2-17(3-6-18)4-8-21-15-35-28-27(36-21)29(45)39-32(34)38-28/h2-3,5-6,15,19-20,22H,4,7-14,16H2,1H3,(H,37,42)(H,43,44)(H,46,47)(H,48,49)(H3,34,35,38,39,45). The number of ether oxygens (including phenoxy) is 2. The molecule has 0 spiro atoms. The van der Waals surface area contributed by atoms with E-state index in [1.54, 1.807) is 12.1 Å². The number of Topliss-reactive ketones (excluding diaryl/α,β-unsaturated/α-hetero) is 2. The Bertz CT molecular complexity index is 1910. The Balaban J connectivity index is 1.51. The van der Waals surface area contributed by atoms with Gasteiger partial charge in [-0.15, -0.1) is 0 Å². The zero-order valence-corrected chi connectivity index (χ0v) is 30.5. The number of amides is 1. The summed E-state index contributed by atoms with van der Waals surface area (Å²) >= 11 is 0. The minimum atomic E-state index is -1.57. The maximum atomic E-state index is 13.0. The number of nitrogens with zero attached hydrogens (tertiary/aromatic N) is 3. The second-order valence-electron chi connectivity index (χ2n) is 11.7. The van der Waals surface area contributed by atoms with E-state index in [2.05, 4.69) is 30.0 Å². The lowest BCUT2D eigenvalue weighted by atomic mass is 9.93. The number of hydrogen-bond acceptors (Lipinski definition) is 16. The van der Waals surface area contributed by atoms with Crippen LogP contribution < -0.4 is 16.6 Å². The molecule has 0 saturated carbocycles. The molecule has 19 nitrogen and oxygen atoms in total. The SMILES string of the molecule is COC(=O)OCCSSCC(CC(=O)C(CC(=O)O)NC(=O)CCC(CC(=O)c1ccc(CCc2cnc3nc(N)[nH]c(=O)c3n2)cc1)C(=O)O)C(=O)O. The van der Waals surface area contributed by atoms with Crippen LogP contribution in [0.25, 0.3) is 11.2 Å². The van der Waals surface area contributed by atoms with Gasteiger partial charge in [-0.2, -0.15) is 4.98 Å². The highest BCUT2D eigenvalue weighted by atomic mass is 33.1. The van der Waals surface area contributed by atoms with Gasteiger partial charge in [0.15, 0.2) is 22.7 Å². The Morgan fingerprint density at radius 2 is 1.63 bits per heavy atom. The van der Waals surface area contributed by atoms with Crippen LogP contribution in [-0.2, 0) is 46.3 Å². The Morgan fingerprint density at radius 3 is 2.28 bits per heavy atom. The van der Waals surface area contributed by atoms with Crippen molar-refractivity contribution in [3.63, 3.8) is 0 Å². The van der Waals surface area contributed by atoms with Gasteiger partial charge >= 0.3 is 24.1 Å². The lowest BCUT2D eigenvalue weighted by Gasteiger charge is -2.19. The summed E-state index contributed by atoms with van der Waals surface area (Å²) in [4.78, 5) is 112. The predicted molar refractivity (Wildman–Crippen MR) is 194 cm³/mol. The van der Waals surface area contributed by atoms with E-state index in [1.165, 1.54) is 29.1 Å². The van der Waals surface area contributed by atoms with Crippen LogP contribution in [0.1, 0.15) is 53.7 Å². The molecule has 2 heterocycles. The van der Waals surface area contributed by atoms with Crippen LogP contribution in [0, 0.1) is 11.8 Å². The van der Waals surface area contributed by atoms with Crippen molar-refractivity contribution in [1.29, 1.82) is 0 Å². The normalized spacial score (nSPS) is 12.6. The third-order valence-electron chi connectivity index (χ3n) is 7.74. The molecule has 0 aliphatic heterocycles. The lowest BCUT2D eigenvalue weighted by molar-refractivity contribution is -0.143. The summed E-state index contributed by atoms with van der Waals surface area (Å²) < 4.78 is 9.05. The second-order valence-corrected chi connectivity index (χ2v) is 14.3. The number of fused-ring (bicyclic) bond motifs is 1. The number of carbonyl (C=O) groups excluding carboxylic acids is 4. The van der Waals surface area contributed by atoms with Crippen molar-refractivity contribution in [1.82, 2.24) is 25.3 Å². The molecule has 2 aromatic heterocycles. The van der Waals surface area contributed by atoms with Crippen molar-refractivity contribution in [2.24, 2.45) is 11.8 Å². The molecule has 54 heavy (non-hydrogen) atoms. The van der Waals surface area contributed by atoms with E-state index in [4.69, 9.17) is 10.5 Å². The van der Waals surface area contributed by atoms with E-state index < -0.39 is 90.7 Å². The zero-order chi connectivity index (χ0) is 39.8. The summed E-state index contributed by atoms with van der Waals surface area (Å²) in [5.41, 5.74) is 6.77. The number of anilines is 1. The first kappa shape index (κ1) is 42.8. The van der Waals surface area contributed by atoms with Gasteiger partial charge in [0.25, 0.3) is 5.56 Å². The summed E-state index contributed by atoms with van der Waals surface area (Å²) in [5.74, 6) is -8.58. The van der Waals surface area contributed by atoms with Crippen LogP contribution in [0.2, 0.25) is 0 Å². The summed E-state index contributed by atoms with van der Waals surface area (Å²) in [6.45, 7) is 0.00441. The summed E-state index contributed by atoms with van der Waals surface area (Å²) in [6, 6.07) is 4.88. The van der Waals surface area contributed by atoms with Gasteiger partial charge in [-0.05, 0) is 24.8 Å². The lowest BCUT2D eigenvalue weighted by Crippen LogP contribution is -2.43. The fourth-order valence-electron chi connectivity index (χ4n) is 4.88. The molecule has 0 fully saturated rings. The summed E-state index contributed by atoms with van der Waals surface area (Å²) in [6.07, 6.45) is -1.11. The molecule has 21 heteroatoms. The van der Waals surface area contributed by atoms with Gasteiger partial charge < -0.3 is 35.8 Å². The second kappa shape index (κ2) is 21.2. The Labute approximate surface area is 314 Å². The molecule has 0 radical (unpaired) electrons.